The zero-order valence-corrected chi connectivity index (χ0v) is 14.4. The molecule has 0 amide bonds. The largest absolute Gasteiger partial charge is 0.455 e. The van der Waals surface area contributed by atoms with Gasteiger partial charge in [0.2, 0.25) is 0 Å². The average Bonchev–Trinajstić information content (AvgIpc) is 3.08. The lowest BCUT2D eigenvalue weighted by atomic mass is 9.98. The average molecular weight is 335 g/mol. The second kappa shape index (κ2) is 5.85. The normalized spacial score (nSPS) is 11.3. The van der Waals surface area contributed by atoms with Crippen LogP contribution in [0.2, 0.25) is 0 Å². The molecular formula is C24H17NO. The van der Waals surface area contributed by atoms with Crippen LogP contribution in [0.3, 0.4) is 0 Å². The van der Waals surface area contributed by atoms with E-state index in [0.29, 0.717) is 0 Å². The van der Waals surface area contributed by atoms with E-state index in [1.807, 2.05) is 42.6 Å². The van der Waals surface area contributed by atoms with Gasteiger partial charge in [0.15, 0.2) is 0 Å². The smallest absolute Gasteiger partial charge is 0.143 e. The summed E-state index contributed by atoms with van der Waals surface area (Å²) in [6, 6.07) is 26.9. The number of furan rings is 1. The quantitative estimate of drug-likeness (QED) is 0.362. The Morgan fingerprint density at radius 1 is 0.731 bits per heavy atom. The van der Waals surface area contributed by atoms with Crippen LogP contribution in [0.1, 0.15) is 5.56 Å². The zero-order chi connectivity index (χ0) is 17.5. The molecule has 0 aliphatic heterocycles. The summed E-state index contributed by atoms with van der Waals surface area (Å²) in [7, 11) is 0. The highest BCUT2D eigenvalue weighted by Crippen LogP contribution is 2.37. The first-order valence-electron chi connectivity index (χ1n) is 8.74. The molecule has 0 N–H and O–H groups in total. The number of benzene rings is 3. The van der Waals surface area contributed by atoms with Crippen LogP contribution in [0.4, 0.5) is 0 Å². The van der Waals surface area contributed by atoms with Gasteiger partial charge in [-0.15, -0.1) is 0 Å². The highest BCUT2D eigenvalue weighted by atomic mass is 16.3. The summed E-state index contributed by atoms with van der Waals surface area (Å²) in [5, 5.41) is 2.29. The summed E-state index contributed by atoms with van der Waals surface area (Å²) in [6.45, 7) is 2.13. The zero-order valence-electron chi connectivity index (χ0n) is 14.4. The Morgan fingerprint density at radius 2 is 1.50 bits per heavy atom. The summed E-state index contributed by atoms with van der Waals surface area (Å²) in [6.07, 6.45) is 1.96. The SMILES string of the molecule is Cc1cc(-c2ccccc2)ncc1-c1cccc2c1oc1ccccc12. The van der Waals surface area contributed by atoms with E-state index in [4.69, 9.17) is 9.40 Å². The standard InChI is InChI=1S/C24H17NO/c1-16-14-22(17-8-3-2-4-9-17)25-15-21(16)20-12-7-11-19-18-10-5-6-13-23(18)26-24(19)20/h2-15H,1H3. The molecule has 26 heavy (non-hydrogen) atoms. The van der Waals surface area contributed by atoms with Gasteiger partial charge in [0.25, 0.3) is 0 Å². The Bertz CT molecular complexity index is 1240. The maximum atomic E-state index is 6.18. The molecule has 0 fully saturated rings. The molecule has 0 saturated carbocycles. The fourth-order valence-corrected chi connectivity index (χ4v) is 3.56. The summed E-state index contributed by atoms with van der Waals surface area (Å²) in [5.41, 5.74) is 7.34. The van der Waals surface area contributed by atoms with Crippen molar-refractivity contribution in [1.29, 1.82) is 0 Å². The molecule has 0 unspecified atom stereocenters. The van der Waals surface area contributed by atoms with Crippen molar-refractivity contribution < 1.29 is 4.42 Å². The van der Waals surface area contributed by atoms with Crippen LogP contribution in [0.25, 0.3) is 44.3 Å². The van der Waals surface area contributed by atoms with Gasteiger partial charge in [-0.1, -0.05) is 66.7 Å². The number of para-hydroxylation sites is 2. The van der Waals surface area contributed by atoms with Crippen molar-refractivity contribution in [2.24, 2.45) is 0 Å². The number of nitrogens with zero attached hydrogens (tertiary/aromatic N) is 1. The van der Waals surface area contributed by atoms with E-state index >= 15 is 0 Å². The van der Waals surface area contributed by atoms with Gasteiger partial charge in [-0.25, -0.2) is 0 Å². The van der Waals surface area contributed by atoms with E-state index in [1.165, 1.54) is 5.56 Å². The molecule has 2 aromatic heterocycles. The fraction of sp³-hybridized carbons (Fsp3) is 0.0417. The van der Waals surface area contributed by atoms with Gasteiger partial charge in [-0.3, -0.25) is 4.98 Å². The summed E-state index contributed by atoms with van der Waals surface area (Å²) < 4.78 is 6.18. The van der Waals surface area contributed by atoms with Gasteiger partial charge in [0, 0.05) is 33.7 Å². The third-order valence-corrected chi connectivity index (χ3v) is 4.87. The Kier molecular flexibility index (Phi) is 3.36. The molecule has 0 radical (unpaired) electrons. The molecular weight excluding hydrogens is 318 g/mol. The summed E-state index contributed by atoms with van der Waals surface area (Å²) in [4.78, 5) is 4.71. The monoisotopic (exact) mass is 335 g/mol. The van der Waals surface area contributed by atoms with Crippen LogP contribution in [0.5, 0.6) is 0 Å². The number of aromatic nitrogens is 1. The van der Waals surface area contributed by atoms with E-state index in [2.05, 4.69) is 49.4 Å². The lowest BCUT2D eigenvalue weighted by molar-refractivity contribution is 0.670. The number of pyridine rings is 1. The Balaban J connectivity index is 1.71. The van der Waals surface area contributed by atoms with Crippen molar-refractivity contribution in [2.45, 2.75) is 6.92 Å². The Labute approximate surface area is 151 Å². The number of aryl methyl sites for hydroxylation is 1. The highest BCUT2D eigenvalue weighted by molar-refractivity contribution is 6.09. The predicted molar refractivity (Wildman–Crippen MR) is 107 cm³/mol. The third kappa shape index (κ3) is 2.31. The number of rotatable bonds is 2. The van der Waals surface area contributed by atoms with Crippen LogP contribution in [0, 0.1) is 6.92 Å². The lowest BCUT2D eigenvalue weighted by Gasteiger charge is -2.09. The molecule has 0 spiro atoms. The second-order valence-electron chi connectivity index (χ2n) is 6.53. The Morgan fingerprint density at radius 3 is 2.35 bits per heavy atom. The predicted octanol–water partition coefficient (Wildman–Crippen LogP) is 6.62. The van der Waals surface area contributed by atoms with E-state index in [1.54, 1.807) is 0 Å². The van der Waals surface area contributed by atoms with Gasteiger partial charge >= 0.3 is 0 Å². The minimum atomic E-state index is 0.918. The molecule has 3 aromatic carbocycles. The van der Waals surface area contributed by atoms with Crippen LogP contribution < -0.4 is 0 Å². The molecule has 0 saturated heterocycles. The first kappa shape index (κ1) is 14.9. The molecule has 0 aliphatic carbocycles. The van der Waals surface area contributed by atoms with Crippen molar-refractivity contribution >= 4 is 21.9 Å². The highest BCUT2D eigenvalue weighted by Gasteiger charge is 2.14. The van der Waals surface area contributed by atoms with E-state index < -0.39 is 0 Å². The van der Waals surface area contributed by atoms with Crippen molar-refractivity contribution in [3.8, 4) is 22.4 Å². The van der Waals surface area contributed by atoms with Crippen LogP contribution in [-0.4, -0.2) is 4.98 Å². The molecule has 5 aromatic rings. The van der Waals surface area contributed by atoms with Gasteiger partial charge < -0.3 is 4.42 Å². The maximum absolute atomic E-state index is 6.18. The third-order valence-electron chi connectivity index (χ3n) is 4.87. The lowest BCUT2D eigenvalue weighted by Crippen LogP contribution is -1.90. The van der Waals surface area contributed by atoms with E-state index in [-0.39, 0.29) is 0 Å². The molecule has 2 nitrogen and oxygen atoms in total. The molecule has 0 atom stereocenters. The minimum absolute atomic E-state index is 0.918. The minimum Gasteiger partial charge on any atom is -0.455 e. The van der Waals surface area contributed by atoms with Crippen molar-refractivity contribution in [3.63, 3.8) is 0 Å². The molecule has 0 bridgehead atoms. The summed E-state index contributed by atoms with van der Waals surface area (Å²) >= 11 is 0. The van der Waals surface area contributed by atoms with Gasteiger partial charge in [-0.05, 0) is 24.6 Å². The fourth-order valence-electron chi connectivity index (χ4n) is 3.56. The van der Waals surface area contributed by atoms with E-state index in [0.717, 1.165) is 44.3 Å². The van der Waals surface area contributed by atoms with Gasteiger partial charge in [0.05, 0.1) is 5.69 Å². The molecule has 124 valence electrons. The Hall–Kier alpha value is -3.39. The maximum Gasteiger partial charge on any atom is 0.143 e. The van der Waals surface area contributed by atoms with Crippen LogP contribution >= 0.6 is 0 Å². The van der Waals surface area contributed by atoms with Gasteiger partial charge in [-0.2, -0.15) is 0 Å². The second-order valence-corrected chi connectivity index (χ2v) is 6.53. The van der Waals surface area contributed by atoms with Crippen LogP contribution in [-0.2, 0) is 0 Å². The first-order chi connectivity index (χ1) is 12.8. The molecule has 5 rings (SSSR count). The van der Waals surface area contributed by atoms with Crippen LogP contribution in [0.15, 0.2) is 89.5 Å². The number of fused-ring (bicyclic) bond motifs is 3. The van der Waals surface area contributed by atoms with E-state index in [9.17, 15) is 0 Å². The van der Waals surface area contributed by atoms with Crippen molar-refractivity contribution in [1.82, 2.24) is 4.98 Å². The number of hydrogen-bond donors (Lipinski definition) is 0. The molecule has 2 heteroatoms. The molecule has 0 aliphatic rings. The molecule has 2 heterocycles. The number of hydrogen-bond acceptors (Lipinski definition) is 2. The first-order valence-corrected chi connectivity index (χ1v) is 8.74. The van der Waals surface area contributed by atoms with Crippen molar-refractivity contribution in [3.05, 3.63) is 90.6 Å². The van der Waals surface area contributed by atoms with Gasteiger partial charge in [0.1, 0.15) is 11.2 Å². The van der Waals surface area contributed by atoms with Crippen molar-refractivity contribution in [2.75, 3.05) is 0 Å². The summed E-state index contributed by atoms with van der Waals surface area (Å²) in [5.74, 6) is 0. The topological polar surface area (TPSA) is 26.0 Å².